The number of hydrogen-bond acceptors (Lipinski definition) is 5. The molecule has 0 radical (unpaired) electrons. The van der Waals surface area contributed by atoms with Crippen LogP contribution in [-0.4, -0.2) is 36.7 Å². The first-order valence-electron chi connectivity index (χ1n) is 7.76. The van der Waals surface area contributed by atoms with E-state index in [4.69, 9.17) is 0 Å². The van der Waals surface area contributed by atoms with Crippen molar-refractivity contribution in [1.82, 2.24) is 9.29 Å². The van der Waals surface area contributed by atoms with Crippen LogP contribution in [0, 0.1) is 6.92 Å². The summed E-state index contributed by atoms with van der Waals surface area (Å²) in [5, 5.41) is 2.72. The Morgan fingerprint density at radius 2 is 2.00 bits per heavy atom. The minimum Gasteiger partial charge on any atom is -0.310 e. The Kier molecular flexibility index (Phi) is 4.98. The van der Waals surface area contributed by atoms with Crippen LogP contribution in [0.3, 0.4) is 0 Å². The summed E-state index contributed by atoms with van der Waals surface area (Å²) in [5.41, 5.74) is 1.02. The second-order valence-corrected chi connectivity index (χ2v) is 9.11. The molecule has 0 aliphatic carbocycles. The van der Waals surface area contributed by atoms with Crippen molar-refractivity contribution in [2.75, 3.05) is 18.4 Å². The lowest BCUT2D eigenvalue weighted by Gasteiger charge is -2.13. The molecule has 0 atom stereocenters. The van der Waals surface area contributed by atoms with Crippen molar-refractivity contribution in [1.29, 1.82) is 0 Å². The van der Waals surface area contributed by atoms with Gasteiger partial charge in [-0.2, -0.15) is 4.31 Å². The molecule has 2 aromatic heterocycles. The minimum atomic E-state index is -3.41. The van der Waals surface area contributed by atoms with Crippen LogP contribution in [0.4, 0.5) is 5.82 Å². The molecule has 0 spiro atoms. The topological polar surface area (TPSA) is 79.4 Å². The first-order valence-corrected chi connectivity index (χ1v) is 10.0. The van der Waals surface area contributed by atoms with Crippen LogP contribution in [-0.2, 0) is 21.2 Å². The standard InChI is InChI=1S/C16H19N3O3S2/c1-12-4-6-14(17-11-12)18-15(20)10-13-5-7-16(23-13)24(21,22)19-8-2-3-9-19/h4-7,11H,2-3,8-10H2,1H3,(H,17,18,20). The number of nitrogens with zero attached hydrogens (tertiary/aromatic N) is 2. The van der Waals surface area contributed by atoms with E-state index in [0.29, 0.717) is 23.1 Å². The van der Waals surface area contributed by atoms with Gasteiger partial charge in [-0.25, -0.2) is 13.4 Å². The van der Waals surface area contributed by atoms with E-state index in [2.05, 4.69) is 10.3 Å². The number of carbonyl (C=O) groups is 1. The molecule has 1 aliphatic rings. The van der Waals surface area contributed by atoms with Crippen LogP contribution in [0.25, 0.3) is 0 Å². The summed E-state index contributed by atoms with van der Waals surface area (Å²) in [6.07, 6.45) is 3.63. The average Bonchev–Trinajstić information content (AvgIpc) is 3.21. The highest BCUT2D eigenvalue weighted by molar-refractivity contribution is 7.91. The fourth-order valence-electron chi connectivity index (χ4n) is 2.53. The second-order valence-electron chi connectivity index (χ2n) is 5.78. The quantitative estimate of drug-likeness (QED) is 0.882. The molecule has 1 N–H and O–H groups in total. The fourth-order valence-corrected chi connectivity index (χ4v) is 5.56. The van der Waals surface area contributed by atoms with Gasteiger partial charge in [-0.1, -0.05) is 6.07 Å². The van der Waals surface area contributed by atoms with E-state index >= 15 is 0 Å². The van der Waals surface area contributed by atoms with E-state index in [-0.39, 0.29) is 12.3 Å². The molecule has 1 fully saturated rings. The predicted octanol–water partition coefficient (Wildman–Crippen LogP) is 2.42. The Hall–Kier alpha value is -1.77. The zero-order valence-corrected chi connectivity index (χ0v) is 15.0. The fraction of sp³-hybridized carbons (Fsp3) is 0.375. The summed E-state index contributed by atoms with van der Waals surface area (Å²) in [6, 6.07) is 6.90. The van der Waals surface area contributed by atoms with E-state index in [1.807, 2.05) is 13.0 Å². The Labute approximate surface area is 145 Å². The minimum absolute atomic E-state index is 0.135. The smallest absolute Gasteiger partial charge is 0.252 e. The third-order valence-electron chi connectivity index (χ3n) is 3.81. The molecule has 0 bridgehead atoms. The lowest BCUT2D eigenvalue weighted by Crippen LogP contribution is -2.27. The van der Waals surface area contributed by atoms with Gasteiger partial charge in [-0.3, -0.25) is 4.79 Å². The highest BCUT2D eigenvalue weighted by atomic mass is 32.2. The van der Waals surface area contributed by atoms with Crippen LogP contribution < -0.4 is 5.32 Å². The van der Waals surface area contributed by atoms with Gasteiger partial charge in [0.25, 0.3) is 10.0 Å². The molecule has 3 rings (SSSR count). The molecule has 1 aliphatic heterocycles. The molecule has 1 saturated heterocycles. The maximum absolute atomic E-state index is 12.5. The van der Waals surface area contributed by atoms with Crippen LogP contribution in [0.1, 0.15) is 23.3 Å². The summed E-state index contributed by atoms with van der Waals surface area (Å²) in [5.74, 6) is 0.283. The highest BCUT2D eigenvalue weighted by Gasteiger charge is 2.28. The van der Waals surface area contributed by atoms with E-state index in [1.54, 1.807) is 24.4 Å². The Morgan fingerprint density at radius 3 is 2.67 bits per heavy atom. The molecule has 2 aromatic rings. The zero-order valence-electron chi connectivity index (χ0n) is 13.4. The SMILES string of the molecule is Cc1ccc(NC(=O)Cc2ccc(S(=O)(=O)N3CCCC3)s2)nc1. The number of thiophene rings is 1. The first kappa shape index (κ1) is 17.1. The summed E-state index contributed by atoms with van der Waals surface area (Å²) in [6.45, 7) is 3.08. The number of carbonyl (C=O) groups excluding carboxylic acids is 1. The zero-order chi connectivity index (χ0) is 17.2. The van der Waals surface area contributed by atoms with E-state index < -0.39 is 10.0 Å². The number of aryl methyl sites for hydroxylation is 1. The van der Waals surface area contributed by atoms with Gasteiger partial charge in [0.1, 0.15) is 10.0 Å². The van der Waals surface area contributed by atoms with Crippen molar-refractivity contribution in [3.8, 4) is 0 Å². The Morgan fingerprint density at radius 1 is 1.25 bits per heavy atom. The first-order chi connectivity index (χ1) is 11.4. The van der Waals surface area contributed by atoms with E-state index in [0.717, 1.165) is 34.6 Å². The summed E-state index contributed by atoms with van der Waals surface area (Å²) in [7, 11) is -3.41. The molecule has 0 unspecified atom stereocenters. The average molecular weight is 365 g/mol. The summed E-state index contributed by atoms with van der Waals surface area (Å²) in [4.78, 5) is 16.9. The maximum atomic E-state index is 12.5. The van der Waals surface area contributed by atoms with Crippen molar-refractivity contribution in [2.24, 2.45) is 0 Å². The Balaban J connectivity index is 1.65. The lowest BCUT2D eigenvalue weighted by atomic mass is 10.3. The normalized spacial score (nSPS) is 15.5. The summed E-state index contributed by atoms with van der Waals surface area (Å²) < 4.78 is 26.8. The maximum Gasteiger partial charge on any atom is 0.252 e. The molecule has 3 heterocycles. The summed E-state index contributed by atoms with van der Waals surface area (Å²) >= 11 is 1.16. The molecule has 8 heteroatoms. The van der Waals surface area contributed by atoms with Crippen molar-refractivity contribution in [3.05, 3.63) is 40.9 Å². The van der Waals surface area contributed by atoms with Gasteiger partial charge in [0.05, 0.1) is 6.42 Å². The molecular formula is C16H19N3O3S2. The van der Waals surface area contributed by atoms with Crippen molar-refractivity contribution in [2.45, 2.75) is 30.4 Å². The lowest BCUT2D eigenvalue weighted by molar-refractivity contribution is -0.115. The third-order valence-corrected chi connectivity index (χ3v) is 7.26. The van der Waals surface area contributed by atoms with Gasteiger partial charge in [0, 0.05) is 24.2 Å². The van der Waals surface area contributed by atoms with Crippen LogP contribution in [0.15, 0.2) is 34.7 Å². The van der Waals surface area contributed by atoms with Gasteiger partial charge in [-0.05, 0) is 43.5 Å². The number of aromatic nitrogens is 1. The van der Waals surface area contributed by atoms with Gasteiger partial charge in [0.15, 0.2) is 0 Å². The van der Waals surface area contributed by atoms with Crippen LogP contribution >= 0.6 is 11.3 Å². The largest absolute Gasteiger partial charge is 0.310 e. The Bertz CT molecular complexity index is 823. The third kappa shape index (κ3) is 3.82. The molecule has 1 amide bonds. The van der Waals surface area contributed by atoms with Gasteiger partial charge in [0.2, 0.25) is 5.91 Å². The number of nitrogens with one attached hydrogen (secondary N) is 1. The molecular weight excluding hydrogens is 346 g/mol. The van der Waals surface area contributed by atoms with Gasteiger partial charge in [-0.15, -0.1) is 11.3 Å². The monoisotopic (exact) mass is 365 g/mol. The molecule has 0 saturated carbocycles. The van der Waals surface area contributed by atoms with Crippen molar-refractivity contribution in [3.63, 3.8) is 0 Å². The number of anilines is 1. The second kappa shape index (κ2) is 7.00. The molecule has 24 heavy (non-hydrogen) atoms. The number of sulfonamides is 1. The number of pyridine rings is 1. The van der Waals surface area contributed by atoms with Crippen LogP contribution in [0.5, 0.6) is 0 Å². The number of hydrogen-bond donors (Lipinski definition) is 1. The highest BCUT2D eigenvalue weighted by Crippen LogP contribution is 2.27. The van der Waals surface area contributed by atoms with E-state index in [1.165, 1.54) is 4.31 Å². The van der Waals surface area contributed by atoms with Crippen LogP contribution in [0.2, 0.25) is 0 Å². The number of rotatable bonds is 5. The van der Waals surface area contributed by atoms with Crippen molar-refractivity contribution >= 4 is 33.1 Å². The van der Waals surface area contributed by atoms with E-state index in [9.17, 15) is 13.2 Å². The van der Waals surface area contributed by atoms with Crippen molar-refractivity contribution < 1.29 is 13.2 Å². The molecule has 0 aromatic carbocycles. The van der Waals surface area contributed by atoms with Gasteiger partial charge < -0.3 is 5.32 Å². The number of amides is 1. The molecule has 6 nitrogen and oxygen atoms in total. The molecule has 128 valence electrons. The van der Waals surface area contributed by atoms with Gasteiger partial charge >= 0.3 is 0 Å². The predicted molar refractivity (Wildman–Crippen MR) is 93.6 cm³/mol.